The third kappa shape index (κ3) is 1.85. The van der Waals surface area contributed by atoms with Crippen molar-refractivity contribution in [2.45, 2.75) is 38.2 Å². The summed E-state index contributed by atoms with van der Waals surface area (Å²) in [5, 5.41) is 19.3. The predicted molar refractivity (Wildman–Crippen MR) is 68.4 cm³/mol. The first-order chi connectivity index (χ1) is 8.59. The summed E-state index contributed by atoms with van der Waals surface area (Å²) in [5.41, 5.74) is 2.35. The molecule has 3 rings (SSSR count). The number of anilines is 1. The molecular formula is C14H17N3O. The van der Waals surface area contributed by atoms with Gasteiger partial charge in [0.25, 0.3) is 0 Å². The molecule has 1 aliphatic carbocycles. The van der Waals surface area contributed by atoms with Gasteiger partial charge in [0, 0.05) is 18.8 Å². The van der Waals surface area contributed by atoms with Crippen LogP contribution < -0.4 is 4.90 Å². The monoisotopic (exact) mass is 243 g/mol. The Morgan fingerprint density at radius 3 is 3.00 bits per heavy atom. The fraction of sp³-hybridized carbons (Fsp3) is 0.571. The number of aliphatic hydroxyl groups is 1. The normalized spacial score (nSPS) is 26.2. The highest BCUT2D eigenvalue weighted by Gasteiger charge is 2.33. The molecule has 4 heteroatoms. The Kier molecular flexibility index (Phi) is 2.53. The standard InChI is InChI=1S/C14H17N3O/c1-14(18)5-6-17(9-14)13-11(8-15)7-10-3-2-4-12(10)16-13/h7,18H,2-6,9H2,1H3. The van der Waals surface area contributed by atoms with Gasteiger partial charge in [-0.05, 0) is 44.2 Å². The minimum atomic E-state index is -0.659. The van der Waals surface area contributed by atoms with Crippen molar-refractivity contribution in [1.29, 1.82) is 5.26 Å². The molecule has 1 unspecified atom stereocenters. The summed E-state index contributed by atoms with van der Waals surface area (Å²) in [7, 11) is 0. The topological polar surface area (TPSA) is 60.1 Å². The van der Waals surface area contributed by atoms with Crippen LogP contribution in [-0.2, 0) is 12.8 Å². The number of aromatic nitrogens is 1. The quantitative estimate of drug-likeness (QED) is 0.810. The number of aryl methyl sites for hydroxylation is 2. The van der Waals surface area contributed by atoms with Gasteiger partial charge >= 0.3 is 0 Å². The molecule has 1 aromatic heterocycles. The molecule has 94 valence electrons. The maximum absolute atomic E-state index is 10.0. The third-order valence-corrected chi connectivity index (χ3v) is 3.90. The van der Waals surface area contributed by atoms with Crippen LogP contribution in [0.1, 0.15) is 36.6 Å². The molecule has 0 aromatic carbocycles. The molecule has 1 N–H and O–H groups in total. The van der Waals surface area contributed by atoms with E-state index in [4.69, 9.17) is 0 Å². The van der Waals surface area contributed by atoms with Crippen molar-refractivity contribution in [1.82, 2.24) is 4.98 Å². The van der Waals surface area contributed by atoms with E-state index in [0.717, 1.165) is 43.7 Å². The number of rotatable bonds is 1. The Labute approximate surface area is 107 Å². The van der Waals surface area contributed by atoms with Gasteiger partial charge in [-0.3, -0.25) is 0 Å². The molecule has 0 bridgehead atoms. The molecule has 1 aromatic rings. The van der Waals surface area contributed by atoms with Gasteiger partial charge in [-0.25, -0.2) is 4.98 Å². The lowest BCUT2D eigenvalue weighted by atomic mass is 10.1. The molecular weight excluding hydrogens is 226 g/mol. The van der Waals surface area contributed by atoms with Crippen molar-refractivity contribution in [2.75, 3.05) is 18.0 Å². The lowest BCUT2D eigenvalue weighted by Crippen LogP contribution is -2.30. The van der Waals surface area contributed by atoms with Crippen LogP contribution in [0.3, 0.4) is 0 Å². The number of β-amino-alcohol motifs (C(OH)–C–C–N with tert-alkyl or cyclic N) is 1. The molecule has 2 aliphatic rings. The van der Waals surface area contributed by atoms with Crippen LogP contribution in [0.15, 0.2) is 6.07 Å². The highest BCUT2D eigenvalue weighted by atomic mass is 16.3. The van der Waals surface area contributed by atoms with E-state index in [1.54, 1.807) is 0 Å². The largest absolute Gasteiger partial charge is 0.388 e. The second-order valence-corrected chi connectivity index (χ2v) is 5.60. The maximum atomic E-state index is 10.0. The van der Waals surface area contributed by atoms with Gasteiger partial charge in [0.2, 0.25) is 0 Å². The Morgan fingerprint density at radius 2 is 2.33 bits per heavy atom. The average Bonchev–Trinajstić information content (AvgIpc) is 2.92. The smallest absolute Gasteiger partial charge is 0.146 e. The predicted octanol–water partition coefficient (Wildman–Crippen LogP) is 1.40. The average molecular weight is 243 g/mol. The van der Waals surface area contributed by atoms with E-state index >= 15 is 0 Å². The van der Waals surface area contributed by atoms with E-state index in [-0.39, 0.29) is 0 Å². The zero-order chi connectivity index (χ0) is 12.8. The van der Waals surface area contributed by atoms with Crippen LogP contribution in [0.5, 0.6) is 0 Å². The highest BCUT2D eigenvalue weighted by Crippen LogP contribution is 2.31. The van der Waals surface area contributed by atoms with Crippen LogP contribution in [0, 0.1) is 11.3 Å². The fourth-order valence-electron chi connectivity index (χ4n) is 2.91. The number of pyridine rings is 1. The Hall–Kier alpha value is -1.60. The summed E-state index contributed by atoms with van der Waals surface area (Å²) in [4.78, 5) is 6.70. The molecule has 1 atom stereocenters. The molecule has 1 saturated heterocycles. The van der Waals surface area contributed by atoms with Crippen LogP contribution in [-0.4, -0.2) is 28.8 Å². The van der Waals surface area contributed by atoms with Gasteiger partial charge in [-0.1, -0.05) is 0 Å². The fourth-order valence-corrected chi connectivity index (χ4v) is 2.91. The molecule has 0 spiro atoms. The first kappa shape index (κ1) is 11.5. The highest BCUT2D eigenvalue weighted by molar-refractivity contribution is 5.57. The first-order valence-electron chi connectivity index (χ1n) is 6.49. The molecule has 0 radical (unpaired) electrons. The Morgan fingerprint density at radius 1 is 1.50 bits per heavy atom. The second-order valence-electron chi connectivity index (χ2n) is 5.60. The molecule has 18 heavy (non-hydrogen) atoms. The van der Waals surface area contributed by atoms with Crippen LogP contribution >= 0.6 is 0 Å². The maximum Gasteiger partial charge on any atom is 0.146 e. The summed E-state index contributed by atoms with van der Waals surface area (Å²) < 4.78 is 0. The van der Waals surface area contributed by atoms with Crippen LogP contribution in [0.4, 0.5) is 5.82 Å². The van der Waals surface area contributed by atoms with Crippen molar-refractivity contribution >= 4 is 5.82 Å². The zero-order valence-electron chi connectivity index (χ0n) is 10.6. The molecule has 1 fully saturated rings. The number of fused-ring (bicyclic) bond motifs is 1. The van der Waals surface area contributed by atoms with Gasteiger partial charge in [-0.2, -0.15) is 5.26 Å². The van der Waals surface area contributed by atoms with E-state index < -0.39 is 5.60 Å². The molecule has 4 nitrogen and oxygen atoms in total. The zero-order valence-corrected chi connectivity index (χ0v) is 10.6. The van der Waals surface area contributed by atoms with Crippen molar-refractivity contribution < 1.29 is 5.11 Å². The van der Waals surface area contributed by atoms with Gasteiger partial charge in [0.05, 0.1) is 11.2 Å². The van der Waals surface area contributed by atoms with Gasteiger partial charge in [0.1, 0.15) is 11.9 Å². The number of nitriles is 1. The van der Waals surface area contributed by atoms with Gasteiger partial charge in [-0.15, -0.1) is 0 Å². The van der Waals surface area contributed by atoms with Crippen LogP contribution in [0.2, 0.25) is 0 Å². The van der Waals surface area contributed by atoms with E-state index in [1.165, 1.54) is 5.56 Å². The van der Waals surface area contributed by atoms with Gasteiger partial charge < -0.3 is 10.0 Å². The van der Waals surface area contributed by atoms with Crippen molar-refractivity contribution in [3.8, 4) is 6.07 Å². The minimum Gasteiger partial charge on any atom is -0.388 e. The summed E-state index contributed by atoms with van der Waals surface area (Å²) in [6.45, 7) is 3.17. The first-order valence-corrected chi connectivity index (χ1v) is 6.49. The summed E-state index contributed by atoms with van der Waals surface area (Å²) in [6.07, 6.45) is 3.91. The Balaban J connectivity index is 1.99. The van der Waals surface area contributed by atoms with Crippen molar-refractivity contribution in [3.63, 3.8) is 0 Å². The summed E-state index contributed by atoms with van der Waals surface area (Å²) >= 11 is 0. The summed E-state index contributed by atoms with van der Waals surface area (Å²) in [5.74, 6) is 0.760. The number of hydrogen-bond donors (Lipinski definition) is 1. The van der Waals surface area contributed by atoms with E-state index in [0.29, 0.717) is 12.1 Å². The number of hydrogen-bond acceptors (Lipinski definition) is 4. The third-order valence-electron chi connectivity index (χ3n) is 3.90. The Bertz CT molecular complexity index is 531. The number of nitrogens with zero attached hydrogens (tertiary/aromatic N) is 3. The lowest BCUT2D eigenvalue weighted by molar-refractivity contribution is 0.0839. The van der Waals surface area contributed by atoms with E-state index in [9.17, 15) is 10.4 Å². The molecule has 0 amide bonds. The molecule has 1 aliphatic heterocycles. The molecule has 0 saturated carbocycles. The van der Waals surface area contributed by atoms with Crippen molar-refractivity contribution in [2.24, 2.45) is 0 Å². The lowest BCUT2D eigenvalue weighted by Gasteiger charge is -2.21. The minimum absolute atomic E-state index is 0.563. The SMILES string of the molecule is CC1(O)CCN(c2nc3c(cc2C#N)CCC3)C1. The molecule has 2 heterocycles. The van der Waals surface area contributed by atoms with Crippen molar-refractivity contribution in [3.05, 3.63) is 22.9 Å². The second kappa shape index (κ2) is 3.96. The van der Waals surface area contributed by atoms with E-state index in [2.05, 4.69) is 11.1 Å². The summed E-state index contributed by atoms with van der Waals surface area (Å²) in [6, 6.07) is 4.23. The van der Waals surface area contributed by atoms with Gasteiger partial charge in [0.15, 0.2) is 0 Å². The van der Waals surface area contributed by atoms with Crippen LogP contribution in [0.25, 0.3) is 0 Å². The van der Waals surface area contributed by atoms with E-state index in [1.807, 2.05) is 17.9 Å².